The average Bonchev–Trinajstić information content (AvgIpc) is 2.19. The highest BCUT2D eigenvalue weighted by molar-refractivity contribution is 5.81. The molecule has 1 N–H and O–H groups in total. The maximum Gasteiger partial charge on any atom is 0.471 e. The van der Waals surface area contributed by atoms with Gasteiger partial charge in [0.2, 0.25) is 0 Å². The molecule has 1 aliphatic heterocycles. The number of hydrogen-bond acceptors (Lipinski definition) is 3. The fourth-order valence-corrected chi connectivity index (χ4v) is 1.68. The molecular weight excluding hydrogens is 223 g/mol. The molecule has 1 heterocycles. The first-order chi connectivity index (χ1) is 7.32. The Hall–Kier alpha value is -0.820. The van der Waals surface area contributed by atoms with Crippen LogP contribution >= 0.6 is 0 Å². The quantitative estimate of drug-likeness (QED) is 0.731. The van der Waals surface area contributed by atoms with Gasteiger partial charge in [-0.15, -0.1) is 0 Å². The van der Waals surface area contributed by atoms with Crippen molar-refractivity contribution in [3.63, 3.8) is 0 Å². The molecule has 0 radical (unpaired) electrons. The van der Waals surface area contributed by atoms with Crippen molar-refractivity contribution < 1.29 is 18.0 Å². The van der Waals surface area contributed by atoms with E-state index >= 15 is 0 Å². The Morgan fingerprint density at radius 3 is 2.69 bits per heavy atom. The van der Waals surface area contributed by atoms with Crippen molar-refractivity contribution in [2.75, 3.05) is 40.3 Å². The summed E-state index contributed by atoms with van der Waals surface area (Å²) in [5.41, 5.74) is 0. The summed E-state index contributed by atoms with van der Waals surface area (Å²) in [5, 5.41) is 3.09. The van der Waals surface area contributed by atoms with E-state index in [9.17, 15) is 18.0 Å². The second-order valence-electron chi connectivity index (χ2n) is 4.02. The van der Waals surface area contributed by atoms with Gasteiger partial charge in [-0.3, -0.25) is 9.69 Å². The first-order valence-corrected chi connectivity index (χ1v) is 5.05. The summed E-state index contributed by atoms with van der Waals surface area (Å²) in [6.45, 7) is 2.29. The molecule has 94 valence electrons. The van der Waals surface area contributed by atoms with Crippen molar-refractivity contribution in [1.82, 2.24) is 15.1 Å². The molecule has 0 unspecified atom stereocenters. The first-order valence-electron chi connectivity index (χ1n) is 5.05. The molecule has 0 aliphatic carbocycles. The number of carbonyl (C=O) groups excluding carboxylic acids is 1. The molecule has 1 aliphatic rings. The van der Waals surface area contributed by atoms with Gasteiger partial charge in [0, 0.05) is 39.3 Å². The molecule has 1 fully saturated rings. The first kappa shape index (κ1) is 13.2. The van der Waals surface area contributed by atoms with Crippen molar-refractivity contribution in [3.8, 4) is 0 Å². The summed E-state index contributed by atoms with van der Waals surface area (Å²) in [7, 11) is 3.02. The van der Waals surface area contributed by atoms with E-state index in [1.165, 1.54) is 7.05 Å². The molecule has 4 nitrogen and oxygen atoms in total. The lowest BCUT2D eigenvalue weighted by atomic mass is 10.2. The number of rotatable bonds is 2. The molecule has 0 aromatic carbocycles. The van der Waals surface area contributed by atoms with Crippen molar-refractivity contribution in [3.05, 3.63) is 0 Å². The van der Waals surface area contributed by atoms with Gasteiger partial charge in [0.25, 0.3) is 0 Å². The maximum absolute atomic E-state index is 12.1. The highest BCUT2D eigenvalue weighted by Gasteiger charge is 2.41. The Bertz CT molecular complexity index is 257. The molecule has 1 atom stereocenters. The average molecular weight is 239 g/mol. The van der Waals surface area contributed by atoms with E-state index in [4.69, 9.17) is 0 Å². The van der Waals surface area contributed by atoms with Gasteiger partial charge in [-0.2, -0.15) is 13.2 Å². The summed E-state index contributed by atoms with van der Waals surface area (Å²) in [6.07, 6.45) is -4.78. The van der Waals surface area contributed by atoms with Crippen LogP contribution in [0.3, 0.4) is 0 Å². The van der Waals surface area contributed by atoms with Crippen LogP contribution in [0.4, 0.5) is 13.2 Å². The molecule has 1 amide bonds. The normalized spacial score (nSPS) is 23.2. The van der Waals surface area contributed by atoms with Crippen molar-refractivity contribution in [2.24, 2.45) is 0 Å². The molecule has 0 spiro atoms. The molecule has 7 heteroatoms. The Kier molecular flexibility index (Phi) is 4.15. The Balaban J connectivity index is 2.50. The Morgan fingerprint density at radius 2 is 2.19 bits per heavy atom. The standard InChI is InChI=1S/C9H16F3N3O/c1-14-4-3-13-5-7(14)6-15(2)8(16)9(10,11)12/h7,13H,3-6H2,1-2H3/t7-/m1/s1. The van der Waals surface area contributed by atoms with Crippen LogP contribution in [0, 0.1) is 0 Å². The third-order valence-electron chi connectivity index (χ3n) is 2.72. The van der Waals surface area contributed by atoms with Gasteiger partial charge in [-0.05, 0) is 7.05 Å². The molecular formula is C9H16F3N3O. The largest absolute Gasteiger partial charge is 0.471 e. The number of alkyl halides is 3. The summed E-state index contributed by atoms with van der Waals surface area (Å²) in [4.78, 5) is 13.6. The van der Waals surface area contributed by atoms with Crippen LogP contribution in [0.2, 0.25) is 0 Å². The maximum atomic E-state index is 12.1. The van der Waals surface area contributed by atoms with Gasteiger partial charge < -0.3 is 10.2 Å². The van der Waals surface area contributed by atoms with E-state index in [0.29, 0.717) is 6.54 Å². The molecule has 0 aromatic heterocycles. The van der Waals surface area contributed by atoms with E-state index in [-0.39, 0.29) is 12.6 Å². The summed E-state index contributed by atoms with van der Waals surface area (Å²) < 4.78 is 36.4. The second kappa shape index (κ2) is 5.01. The van der Waals surface area contributed by atoms with Crippen LogP contribution in [-0.4, -0.2) is 68.2 Å². The topological polar surface area (TPSA) is 35.6 Å². The molecule has 1 rings (SSSR count). The lowest BCUT2D eigenvalue weighted by molar-refractivity contribution is -0.184. The lowest BCUT2D eigenvalue weighted by Crippen LogP contribution is -2.55. The van der Waals surface area contributed by atoms with Crippen LogP contribution in [0.25, 0.3) is 0 Å². The number of hydrogen-bond donors (Lipinski definition) is 1. The van der Waals surface area contributed by atoms with E-state index in [2.05, 4.69) is 5.32 Å². The van der Waals surface area contributed by atoms with Crippen molar-refractivity contribution >= 4 is 5.91 Å². The number of nitrogens with one attached hydrogen (secondary N) is 1. The number of nitrogens with zero attached hydrogens (tertiary/aromatic N) is 2. The highest BCUT2D eigenvalue weighted by atomic mass is 19.4. The Morgan fingerprint density at radius 1 is 1.56 bits per heavy atom. The van der Waals surface area contributed by atoms with Gasteiger partial charge in [0.05, 0.1) is 0 Å². The lowest BCUT2D eigenvalue weighted by Gasteiger charge is -2.35. The number of carbonyl (C=O) groups is 1. The second-order valence-corrected chi connectivity index (χ2v) is 4.02. The van der Waals surface area contributed by atoms with E-state index in [1.807, 2.05) is 11.9 Å². The zero-order valence-corrected chi connectivity index (χ0v) is 9.34. The van der Waals surface area contributed by atoms with Gasteiger partial charge in [-0.25, -0.2) is 0 Å². The summed E-state index contributed by atoms with van der Waals surface area (Å²) in [6, 6.07) is -0.0648. The smallest absolute Gasteiger partial charge is 0.336 e. The number of amides is 1. The van der Waals surface area contributed by atoms with E-state index < -0.39 is 12.1 Å². The predicted octanol–water partition coefficient (Wildman–Crippen LogP) is -0.0893. The molecule has 1 saturated heterocycles. The van der Waals surface area contributed by atoms with E-state index in [1.54, 1.807) is 0 Å². The number of likely N-dealkylation sites (N-methyl/N-ethyl adjacent to an activating group) is 2. The zero-order chi connectivity index (χ0) is 12.3. The van der Waals surface area contributed by atoms with Crippen LogP contribution in [0.15, 0.2) is 0 Å². The summed E-state index contributed by atoms with van der Waals surface area (Å²) >= 11 is 0. The van der Waals surface area contributed by atoms with Gasteiger partial charge >= 0.3 is 12.1 Å². The molecule has 0 aromatic rings. The molecule has 0 saturated carbocycles. The minimum atomic E-state index is -4.78. The number of piperazine rings is 1. The number of halogens is 3. The predicted molar refractivity (Wildman–Crippen MR) is 53.0 cm³/mol. The van der Waals surface area contributed by atoms with E-state index in [0.717, 1.165) is 18.0 Å². The SMILES string of the molecule is CN(C[C@H]1CNCCN1C)C(=O)C(F)(F)F. The monoisotopic (exact) mass is 239 g/mol. The highest BCUT2D eigenvalue weighted by Crippen LogP contribution is 2.18. The molecule has 16 heavy (non-hydrogen) atoms. The third kappa shape index (κ3) is 3.34. The van der Waals surface area contributed by atoms with Crippen LogP contribution in [0.5, 0.6) is 0 Å². The van der Waals surface area contributed by atoms with Gasteiger partial charge in [0.15, 0.2) is 0 Å². The molecule has 0 bridgehead atoms. The minimum absolute atomic E-state index is 0.0648. The Labute approximate surface area is 92.4 Å². The van der Waals surface area contributed by atoms with Crippen LogP contribution < -0.4 is 5.32 Å². The third-order valence-corrected chi connectivity index (χ3v) is 2.72. The fourth-order valence-electron chi connectivity index (χ4n) is 1.68. The van der Waals surface area contributed by atoms with Crippen LogP contribution in [-0.2, 0) is 4.79 Å². The van der Waals surface area contributed by atoms with Gasteiger partial charge in [0.1, 0.15) is 0 Å². The van der Waals surface area contributed by atoms with Crippen LogP contribution in [0.1, 0.15) is 0 Å². The van der Waals surface area contributed by atoms with Crippen molar-refractivity contribution in [1.29, 1.82) is 0 Å². The zero-order valence-electron chi connectivity index (χ0n) is 9.34. The van der Waals surface area contributed by atoms with Crippen molar-refractivity contribution in [2.45, 2.75) is 12.2 Å². The minimum Gasteiger partial charge on any atom is -0.336 e. The fraction of sp³-hybridized carbons (Fsp3) is 0.889. The van der Waals surface area contributed by atoms with Gasteiger partial charge in [-0.1, -0.05) is 0 Å². The summed E-state index contributed by atoms with van der Waals surface area (Å²) in [5.74, 6) is -1.79.